The summed E-state index contributed by atoms with van der Waals surface area (Å²) < 4.78 is 0. The highest BCUT2D eigenvalue weighted by Crippen LogP contribution is 2.29. The van der Waals surface area contributed by atoms with Gasteiger partial charge in [0.15, 0.2) is 0 Å². The fraction of sp³-hybridized carbons (Fsp3) is 0.400. The Morgan fingerprint density at radius 2 is 1.89 bits per heavy atom. The van der Waals surface area contributed by atoms with E-state index >= 15 is 0 Å². The number of aryl methyl sites for hydroxylation is 3. The van der Waals surface area contributed by atoms with E-state index in [4.69, 9.17) is 5.73 Å². The van der Waals surface area contributed by atoms with Crippen molar-refractivity contribution in [1.82, 2.24) is 4.98 Å². The fourth-order valence-electron chi connectivity index (χ4n) is 1.84. The first-order valence-corrected chi connectivity index (χ1v) is 7.17. The van der Waals surface area contributed by atoms with Gasteiger partial charge in [-0.3, -0.25) is 0 Å². The van der Waals surface area contributed by atoms with Crippen LogP contribution >= 0.6 is 11.3 Å². The number of nitrogens with two attached hydrogens (primary N) is 1. The normalized spacial score (nSPS) is 12.7. The van der Waals surface area contributed by atoms with Crippen molar-refractivity contribution in [2.75, 3.05) is 0 Å². The molecule has 2 aromatic rings. The molecule has 0 saturated carbocycles. The van der Waals surface area contributed by atoms with Crippen LogP contribution in [0.1, 0.15) is 29.5 Å². The molecule has 0 saturated heterocycles. The maximum Gasteiger partial charge on any atom is 0.123 e. The standard InChI is InChI=1S/C15H20N2S/c1-10-4-7-13(8-5-10)15-17-12(3)14(18-15)9-6-11(2)16/h4-5,7-8,11H,6,9,16H2,1-3H3. The molecule has 18 heavy (non-hydrogen) atoms. The summed E-state index contributed by atoms with van der Waals surface area (Å²) in [6.07, 6.45) is 2.06. The van der Waals surface area contributed by atoms with E-state index in [0.717, 1.165) is 23.5 Å². The van der Waals surface area contributed by atoms with Gasteiger partial charge in [-0.15, -0.1) is 11.3 Å². The maximum absolute atomic E-state index is 5.81. The van der Waals surface area contributed by atoms with Crippen molar-refractivity contribution >= 4 is 11.3 Å². The summed E-state index contributed by atoms with van der Waals surface area (Å²) in [4.78, 5) is 6.03. The molecule has 1 heterocycles. The lowest BCUT2D eigenvalue weighted by Gasteiger charge is -2.02. The third-order valence-electron chi connectivity index (χ3n) is 3.02. The molecule has 0 aliphatic carbocycles. The van der Waals surface area contributed by atoms with Crippen LogP contribution in [0.4, 0.5) is 0 Å². The van der Waals surface area contributed by atoms with Crippen LogP contribution in [0.3, 0.4) is 0 Å². The Morgan fingerprint density at radius 3 is 2.50 bits per heavy atom. The lowest BCUT2D eigenvalue weighted by Crippen LogP contribution is -2.15. The third kappa shape index (κ3) is 3.18. The van der Waals surface area contributed by atoms with E-state index in [1.165, 1.54) is 16.0 Å². The first-order chi connectivity index (χ1) is 8.56. The highest BCUT2D eigenvalue weighted by molar-refractivity contribution is 7.15. The van der Waals surface area contributed by atoms with Crippen molar-refractivity contribution in [3.05, 3.63) is 40.4 Å². The summed E-state index contributed by atoms with van der Waals surface area (Å²) in [6.45, 7) is 6.24. The first-order valence-electron chi connectivity index (χ1n) is 6.35. The Hall–Kier alpha value is -1.19. The average Bonchev–Trinajstić information content (AvgIpc) is 2.69. The molecule has 2 nitrogen and oxygen atoms in total. The molecule has 3 heteroatoms. The largest absolute Gasteiger partial charge is 0.328 e. The molecule has 0 aliphatic heterocycles. The number of thiazole rings is 1. The van der Waals surface area contributed by atoms with Crippen LogP contribution in [-0.2, 0) is 6.42 Å². The summed E-state index contributed by atoms with van der Waals surface area (Å²) in [5, 5.41) is 1.12. The Labute approximate surface area is 113 Å². The summed E-state index contributed by atoms with van der Waals surface area (Å²) in [7, 11) is 0. The highest BCUT2D eigenvalue weighted by atomic mass is 32.1. The van der Waals surface area contributed by atoms with Crippen LogP contribution in [0.5, 0.6) is 0 Å². The van der Waals surface area contributed by atoms with Gasteiger partial charge in [0, 0.05) is 16.5 Å². The molecule has 2 rings (SSSR count). The number of hydrogen-bond donors (Lipinski definition) is 1. The number of aromatic nitrogens is 1. The van der Waals surface area contributed by atoms with Crippen LogP contribution in [-0.4, -0.2) is 11.0 Å². The topological polar surface area (TPSA) is 38.9 Å². The average molecular weight is 260 g/mol. The predicted octanol–water partition coefficient (Wildman–Crippen LogP) is 3.71. The van der Waals surface area contributed by atoms with Gasteiger partial charge in [-0.25, -0.2) is 4.98 Å². The number of nitrogens with zero attached hydrogens (tertiary/aromatic N) is 1. The third-order valence-corrected chi connectivity index (χ3v) is 4.28. The molecule has 1 aromatic carbocycles. The zero-order chi connectivity index (χ0) is 13.1. The highest BCUT2D eigenvalue weighted by Gasteiger charge is 2.09. The van der Waals surface area contributed by atoms with Gasteiger partial charge >= 0.3 is 0 Å². The van der Waals surface area contributed by atoms with Crippen LogP contribution in [0.25, 0.3) is 10.6 Å². The van der Waals surface area contributed by atoms with E-state index in [1.807, 2.05) is 0 Å². The minimum atomic E-state index is 0.259. The summed E-state index contributed by atoms with van der Waals surface area (Å²) in [6, 6.07) is 8.81. The molecule has 2 N–H and O–H groups in total. The molecular formula is C15H20N2S. The van der Waals surface area contributed by atoms with Gasteiger partial charge in [0.25, 0.3) is 0 Å². The number of rotatable bonds is 4. The molecular weight excluding hydrogens is 240 g/mol. The van der Waals surface area contributed by atoms with Crippen molar-refractivity contribution in [2.45, 2.75) is 39.7 Å². The second kappa shape index (κ2) is 5.63. The minimum absolute atomic E-state index is 0.259. The predicted molar refractivity (Wildman–Crippen MR) is 79.0 cm³/mol. The molecule has 0 bridgehead atoms. The van der Waals surface area contributed by atoms with Crippen LogP contribution in [0.2, 0.25) is 0 Å². The van der Waals surface area contributed by atoms with Crippen LogP contribution < -0.4 is 5.73 Å². The van der Waals surface area contributed by atoms with Gasteiger partial charge in [-0.05, 0) is 33.6 Å². The zero-order valence-electron chi connectivity index (χ0n) is 11.2. The molecule has 0 aliphatic rings. The van der Waals surface area contributed by atoms with Gasteiger partial charge in [0.2, 0.25) is 0 Å². The lowest BCUT2D eigenvalue weighted by molar-refractivity contribution is 0.668. The molecule has 0 amide bonds. The van der Waals surface area contributed by atoms with E-state index in [9.17, 15) is 0 Å². The van der Waals surface area contributed by atoms with Gasteiger partial charge < -0.3 is 5.73 Å². The summed E-state index contributed by atoms with van der Waals surface area (Å²) in [5.74, 6) is 0. The maximum atomic E-state index is 5.81. The monoisotopic (exact) mass is 260 g/mol. The van der Waals surface area contributed by atoms with Crippen molar-refractivity contribution in [2.24, 2.45) is 5.73 Å². The second-order valence-corrected chi connectivity index (χ2v) is 5.99. The van der Waals surface area contributed by atoms with E-state index in [0.29, 0.717) is 0 Å². The van der Waals surface area contributed by atoms with Crippen molar-refractivity contribution in [1.29, 1.82) is 0 Å². The smallest absolute Gasteiger partial charge is 0.123 e. The van der Waals surface area contributed by atoms with Crippen molar-refractivity contribution in [3.63, 3.8) is 0 Å². The SMILES string of the molecule is Cc1ccc(-c2nc(C)c(CCC(C)N)s2)cc1. The molecule has 1 atom stereocenters. The molecule has 0 spiro atoms. The van der Waals surface area contributed by atoms with E-state index in [2.05, 4.69) is 50.0 Å². The first kappa shape index (κ1) is 13.2. The molecule has 1 aromatic heterocycles. The van der Waals surface area contributed by atoms with E-state index in [-0.39, 0.29) is 6.04 Å². The lowest BCUT2D eigenvalue weighted by atomic mass is 10.1. The zero-order valence-corrected chi connectivity index (χ0v) is 12.1. The molecule has 0 radical (unpaired) electrons. The Balaban J connectivity index is 2.20. The van der Waals surface area contributed by atoms with Gasteiger partial charge in [0.05, 0.1) is 5.69 Å². The summed E-state index contributed by atoms with van der Waals surface area (Å²) >= 11 is 1.79. The number of hydrogen-bond acceptors (Lipinski definition) is 3. The van der Waals surface area contributed by atoms with E-state index in [1.54, 1.807) is 11.3 Å². The summed E-state index contributed by atoms with van der Waals surface area (Å²) in [5.41, 5.74) is 9.45. The Morgan fingerprint density at radius 1 is 1.22 bits per heavy atom. The molecule has 96 valence electrons. The quantitative estimate of drug-likeness (QED) is 0.910. The Bertz CT molecular complexity index is 512. The van der Waals surface area contributed by atoms with Crippen molar-refractivity contribution in [3.8, 4) is 10.6 Å². The van der Waals surface area contributed by atoms with Gasteiger partial charge in [0.1, 0.15) is 5.01 Å². The van der Waals surface area contributed by atoms with Gasteiger partial charge in [-0.2, -0.15) is 0 Å². The molecule has 0 fully saturated rings. The Kier molecular flexibility index (Phi) is 4.15. The van der Waals surface area contributed by atoms with Crippen LogP contribution in [0, 0.1) is 13.8 Å². The van der Waals surface area contributed by atoms with Gasteiger partial charge in [-0.1, -0.05) is 29.8 Å². The van der Waals surface area contributed by atoms with E-state index < -0.39 is 0 Å². The number of benzene rings is 1. The fourth-order valence-corrected chi connectivity index (χ4v) is 2.92. The minimum Gasteiger partial charge on any atom is -0.328 e. The second-order valence-electron chi connectivity index (χ2n) is 4.91. The van der Waals surface area contributed by atoms with Crippen molar-refractivity contribution < 1.29 is 0 Å². The molecule has 1 unspecified atom stereocenters. The van der Waals surface area contributed by atoms with Crippen LogP contribution in [0.15, 0.2) is 24.3 Å².